The second-order valence-electron chi connectivity index (χ2n) is 5.66. The van der Waals surface area contributed by atoms with Gasteiger partial charge in [-0.25, -0.2) is 4.98 Å². The number of likely N-dealkylation sites (N-methyl/N-ethyl adjacent to an activating group) is 1. The van der Waals surface area contributed by atoms with Crippen LogP contribution in [0.25, 0.3) is 11.3 Å². The molecule has 24 heavy (non-hydrogen) atoms. The van der Waals surface area contributed by atoms with Gasteiger partial charge in [0.05, 0.1) is 37.8 Å². The fourth-order valence-electron chi connectivity index (χ4n) is 2.68. The van der Waals surface area contributed by atoms with Crippen LogP contribution in [0.15, 0.2) is 24.4 Å². The fourth-order valence-corrected chi connectivity index (χ4v) is 2.68. The average Bonchev–Trinajstić information content (AvgIpc) is 3.10. The van der Waals surface area contributed by atoms with Gasteiger partial charge in [0.25, 0.3) is 0 Å². The van der Waals surface area contributed by atoms with Crippen molar-refractivity contribution in [3.63, 3.8) is 0 Å². The largest absolute Gasteiger partial charge is 0.454 e. The van der Waals surface area contributed by atoms with Gasteiger partial charge in [0.15, 0.2) is 11.5 Å². The monoisotopic (exact) mass is 330 g/mol. The van der Waals surface area contributed by atoms with Gasteiger partial charge in [-0.2, -0.15) is 5.10 Å². The highest BCUT2D eigenvalue weighted by atomic mass is 16.7. The summed E-state index contributed by atoms with van der Waals surface area (Å²) in [7, 11) is 1.92. The van der Waals surface area contributed by atoms with Gasteiger partial charge in [-0.3, -0.25) is 0 Å². The molecule has 2 aliphatic heterocycles. The topological polar surface area (TPSA) is 78.8 Å². The predicted molar refractivity (Wildman–Crippen MR) is 85.2 cm³/mol. The maximum atomic E-state index is 5.66. The maximum absolute atomic E-state index is 5.66. The quantitative estimate of drug-likeness (QED) is 0.825. The lowest BCUT2D eigenvalue weighted by molar-refractivity contribution is -0.0838. The van der Waals surface area contributed by atoms with Crippen LogP contribution in [0.4, 0.5) is 5.95 Å². The molecule has 8 nitrogen and oxygen atoms in total. The van der Waals surface area contributed by atoms with Gasteiger partial charge in [0.1, 0.15) is 0 Å². The number of rotatable bonds is 4. The maximum Gasteiger partial charge on any atom is 0.245 e. The lowest BCUT2D eigenvalue weighted by atomic mass is 10.1. The molecule has 3 heterocycles. The van der Waals surface area contributed by atoms with Crippen molar-refractivity contribution in [1.29, 1.82) is 0 Å². The molecule has 0 N–H and O–H groups in total. The lowest BCUT2D eigenvalue weighted by Gasteiger charge is -2.27. The summed E-state index contributed by atoms with van der Waals surface area (Å²) in [6.45, 7) is 2.75. The molecule has 0 bridgehead atoms. The van der Waals surface area contributed by atoms with Crippen molar-refractivity contribution in [2.75, 3.05) is 45.1 Å². The molecule has 0 saturated carbocycles. The van der Waals surface area contributed by atoms with Crippen LogP contribution in [-0.4, -0.2) is 61.5 Å². The molecule has 1 fully saturated rings. The number of hydrogen-bond acceptors (Lipinski definition) is 8. The van der Waals surface area contributed by atoms with Crippen molar-refractivity contribution in [3.05, 3.63) is 24.4 Å². The molecule has 1 aromatic heterocycles. The Kier molecular flexibility index (Phi) is 4.14. The predicted octanol–water partition coefficient (Wildman–Crippen LogP) is 1.12. The zero-order valence-corrected chi connectivity index (χ0v) is 13.3. The summed E-state index contributed by atoms with van der Waals surface area (Å²) in [5.74, 6) is 2.00. The third-order valence-electron chi connectivity index (χ3n) is 3.92. The molecular weight excluding hydrogens is 312 g/mol. The summed E-state index contributed by atoms with van der Waals surface area (Å²) in [5, 5.41) is 8.19. The average molecular weight is 330 g/mol. The van der Waals surface area contributed by atoms with Gasteiger partial charge in [0, 0.05) is 19.2 Å². The molecule has 0 spiro atoms. The van der Waals surface area contributed by atoms with Crippen LogP contribution in [0.2, 0.25) is 0 Å². The van der Waals surface area contributed by atoms with Crippen LogP contribution in [0.3, 0.4) is 0 Å². The molecule has 2 aliphatic rings. The van der Waals surface area contributed by atoms with E-state index in [1.54, 1.807) is 6.20 Å². The smallest absolute Gasteiger partial charge is 0.245 e. The molecule has 1 aromatic carbocycles. The number of ether oxygens (including phenoxy) is 4. The van der Waals surface area contributed by atoms with E-state index in [-0.39, 0.29) is 12.9 Å². The molecule has 0 amide bonds. The number of anilines is 1. The molecule has 4 rings (SSSR count). The number of fused-ring (bicyclic) bond motifs is 1. The summed E-state index contributed by atoms with van der Waals surface area (Å²) in [6, 6.07) is 5.70. The van der Waals surface area contributed by atoms with E-state index in [0.29, 0.717) is 38.1 Å². The first-order valence-corrected chi connectivity index (χ1v) is 7.80. The Labute approximate surface area is 139 Å². The second-order valence-corrected chi connectivity index (χ2v) is 5.66. The van der Waals surface area contributed by atoms with Crippen molar-refractivity contribution in [3.8, 4) is 22.8 Å². The highest BCUT2D eigenvalue weighted by molar-refractivity contribution is 5.64. The normalized spacial score (nSPS) is 19.3. The van der Waals surface area contributed by atoms with E-state index >= 15 is 0 Å². The lowest BCUT2D eigenvalue weighted by Crippen LogP contribution is -2.39. The van der Waals surface area contributed by atoms with E-state index in [9.17, 15) is 0 Å². The minimum atomic E-state index is 0.0153. The van der Waals surface area contributed by atoms with Gasteiger partial charge in [0.2, 0.25) is 12.7 Å². The van der Waals surface area contributed by atoms with Crippen molar-refractivity contribution in [1.82, 2.24) is 15.2 Å². The summed E-state index contributed by atoms with van der Waals surface area (Å²) in [4.78, 5) is 6.51. The highest BCUT2D eigenvalue weighted by Gasteiger charge is 2.19. The van der Waals surface area contributed by atoms with Gasteiger partial charge in [-0.15, -0.1) is 5.10 Å². The molecule has 1 saturated heterocycles. The Morgan fingerprint density at radius 1 is 1.21 bits per heavy atom. The minimum absolute atomic E-state index is 0.0153. The van der Waals surface area contributed by atoms with Gasteiger partial charge in [-0.05, 0) is 18.2 Å². The zero-order chi connectivity index (χ0) is 16.4. The molecule has 0 radical (unpaired) electrons. The fraction of sp³-hybridized carbons (Fsp3) is 0.438. The van der Waals surface area contributed by atoms with Gasteiger partial charge >= 0.3 is 0 Å². The third-order valence-corrected chi connectivity index (χ3v) is 3.92. The van der Waals surface area contributed by atoms with E-state index in [0.717, 1.165) is 17.0 Å². The molecule has 0 aliphatic carbocycles. The molecular formula is C16H18N4O4. The number of hydrogen-bond donors (Lipinski definition) is 0. The Bertz CT molecular complexity index is 721. The van der Waals surface area contributed by atoms with E-state index in [1.807, 2.05) is 30.1 Å². The third kappa shape index (κ3) is 3.10. The second kappa shape index (κ2) is 6.58. The number of aromatic nitrogens is 3. The van der Waals surface area contributed by atoms with E-state index < -0.39 is 0 Å². The highest BCUT2D eigenvalue weighted by Crippen LogP contribution is 2.35. The molecule has 126 valence electrons. The number of benzene rings is 1. The molecule has 1 unspecified atom stereocenters. The summed E-state index contributed by atoms with van der Waals surface area (Å²) >= 11 is 0. The SMILES string of the molecule is CN(CC1COCCO1)c1nncc(-c2ccc3c(c2)OCO3)n1. The van der Waals surface area contributed by atoms with Crippen molar-refractivity contribution in [2.24, 2.45) is 0 Å². The Morgan fingerprint density at radius 2 is 2.12 bits per heavy atom. The van der Waals surface area contributed by atoms with Gasteiger partial charge in [-0.1, -0.05) is 0 Å². The van der Waals surface area contributed by atoms with Crippen LogP contribution in [-0.2, 0) is 9.47 Å². The zero-order valence-electron chi connectivity index (χ0n) is 13.3. The summed E-state index contributed by atoms with van der Waals surface area (Å²) in [5.41, 5.74) is 1.63. The standard InChI is InChI=1S/C16H18N4O4/c1-20(8-12-9-21-4-5-22-12)16-18-13(7-17-19-16)11-2-3-14-15(6-11)24-10-23-14/h2-3,6-7,12H,4-5,8-10H2,1H3. The molecule has 1 atom stereocenters. The summed E-state index contributed by atoms with van der Waals surface area (Å²) < 4.78 is 21.8. The van der Waals surface area contributed by atoms with E-state index in [1.165, 1.54) is 0 Å². The minimum Gasteiger partial charge on any atom is -0.454 e. The first-order chi connectivity index (χ1) is 11.8. The number of nitrogens with zero attached hydrogens (tertiary/aromatic N) is 4. The molecule has 2 aromatic rings. The first kappa shape index (κ1) is 15.1. The van der Waals surface area contributed by atoms with Crippen LogP contribution in [0.5, 0.6) is 11.5 Å². The van der Waals surface area contributed by atoms with Crippen LogP contribution < -0.4 is 14.4 Å². The molecule has 8 heteroatoms. The van der Waals surface area contributed by atoms with E-state index in [2.05, 4.69) is 15.2 Å². The Morgan fingerprint density at radius 3 is 3.00 bits per heavy atom. The van der Waals surface area contributed by atoms with Crippen LogP contribution in [0.1, 0.15) is 0 Å². The Hall–Kier alpha value is -2.45. The van der Waals surface area contributed by atoms with Crippen LogP contribution in [0, 0.1) is 0 Å². The summed E-state index contributed by atoms with van der Waals surface area (Å²) in [6.07, 6.45) is 1.65. The van der Waals surface area contributed by atoms with Gasteiger partial charge < -0.3 is 23.8 Å². The Balaban J connectivity index is 1.52. The van der Waals surface area contributed by atoms with Crippen molar-refractivity contribution < 1.29 is 18.9 Å². The van der Waals surface area contributed by atoms with Crippen molar-refractivity contribution in [2.45, 2.75) is 6.10 Å². The van der Waals surface area contributed by atoms with E-state index in [4.69, 9.17) is 18.9 Å². The van der Waals surface area contributed by atoms with Crippen LogP contribution >= 0.6 is 0 Å². The van der Waals surface area contributed by atoms with Crippen molar-refractivity contribution >= 4 is 5.95 Å². The first-order valence-electron chi connectivity index (χ1n) is 7.80.